The van der Waals surface area contributed by atoms with Gasteiger partial charge in [-0.05, 0) is 75.0 Å². The van der Waals surface area contributed by atoms with Gasteiger partial charge in [-0.1, -0.05) is 6.08 Å². The van der Waals surface area contributed by atoms with Crippen LogP contribution in [0, 0.1) is 23.7 Å². The van der Waals surface area contributed by atoms with Gasteiger partial charge in [0.25, 0.3) is 0 Å². The van der Waals surface area contributed by atoms with Gasteiger partial charge in [-0.2, -0.15) is 0 Å². The largest absolute Gasteiger partial charge is 0.461 e. The van der Waals surface area contributed by atoms with Gasteiger partial charge < -0.3 is 4.74 Å². The van der Waals surface area contributed by atoms with Crippen molar-refractivity contribution in [2.45, 2.75) is 63.9 Å². The van der Waals surface area contributed by atoms with Crippen LogP contribution in [0.1, 0.15) is 57.8 Å². The van der Waals surface area contributed by atoms with E-state index in [9.17, 15) is 4.79 Å². The van der Waals surface area contributed by atoms with Crippen molar-refractivity contribution in [3.63, 3.8) is 0 Å². The van der Waals surface area contributed by atoms with Crippen molar-refractivity contribution < 1.29 is 9.53 Å². The summed E-state index contributed by atoms with van der Waals surface area (Å²) >= 11 is 0. The monoisotopic (exact) mass is 262 g/mol. The first-order valence-corrected chi connectivity index (χ1v) is 8.08. The molecule has 2 aliphatic carbocycles. The van der Waals surface area contributed by atoms with E-state index in [1.54, 1.807) is 0 Å². The molecule has 3 aliphatic rings. The molecule has 2 heteroatoms. The predicted octanol–water partition coefficient (Wildman–Crippen LogP) is 4.10. The van der Waals surface area contributed by atoms with E-state index in [2.05, 4.69) is 12.7 Å². The molecule has 0 bridgehead atoms. The summed E-state index contributed by atoms with van der Waals surface area (Å²) in [5.74, 6) is 3.36. The summed E-state index contributed by atoms with van der Waals surface area (Å²) in [6, 6.07) is 0. The molecule has 1 saturated heterocycles. The second kappa shape index (κ2) is 5.68. The lowest BCUT2D eigenvalue weighted by molar-refractivity contribution is -0.176. The molecule has 0 aromatic rings. The van der Waals surface area contributed by atoms with Crippen molar-refractivity contribution >= 4 is 5.97 Å². The lowest BCUT2D eigenvalue weighted by Crippen LogP contribution is -2.41. The average Bonchev–Trinajstić information content (AvgIpc) is 2.44. The topological polar surface area (TPSA) is 26.3 Å². The Morgan fingerprint density at radius 2 is 1.37 bits per heavy atom. The summed E-state index contributed by atoms with van der Waals surface area (Å²) in [6.45, 7) is 3.93. The second-order valence-corrected chi connectivity index (χ2v) is 6.82. The van der Waals surface area contributed by atoms with Crippen LogP contribution in [0.2, 0.25) is 0 Å². The molecule has 1 aliphatic heterocycles. The SMILES string of the molecule is C=CC1CCC(C2CCC(C3CC(=O)O3)CC2)CC1. The van der Waals surface area contributed by atoms with Gasteiger partial charge >= 0.3 is 5.97 Å². The summed E-state index contributed by atoms with van der Waals surface area (Å²) in [6.07, 6.45) is 13.9. The Kier molecular flexibility index (Phi) is 3.95. The maximum Gasteiger partial charge on any atom is 0.309 e. The van der Waals surface area contributed by atoms with Crippen LogP contribution in [0.3, 0.4) is 0 Å². The highest BCUT2D eigenvalue weighted by molar-refractivity contribution is 5.75. The first-order chi connectivity index (χ1) is 9.26. The van der Waals surface area contributed by atoms with Crippen molar-refractivity contribution in [2.75, 3.05) is 0 Å². The number of carbonyl (C=O) groups excluding carboxylic acids is 1. The number of esters is 1. The zero-order valence-corrected chi connectivity index (χ0v) is 11.9. The molecule has 106 valence electrons. The van der Waals surface area contributed by atoms with Gasteiger partial charge in [0, 0.05) is 0 Å². The van der Waals surface area contributed by atoms with E-state index < -0.39 is 0 Å². The molecular weight excluding hydrogens is 236 g/mol. The molecule has 0 N–H and O–H groups in total. The third-order valence-corrected chi connectivity index (χ3v) is 5.81. The number of ether oxygens (including phenoxy) is 1. The van der Waals surface area contributed by atoms with Gasteiger partial charge in [-0.25, -0.2) is 0 Å². The van der Waals surface area contributed by atoms with Gasteiger partial charge in [-0.3, -0.25) is 4.79 Å². The Labute approximate surface area is 116 Å². The van der Waals surface area contributed by atoms with Gasteiger partial charge in [0.1, 0.15) is 6.10 Å². The van der Waals surface area contributed by atoms with Crippen LogP contribution in [0.5, 0.6) is 0 Å². The zero-order chi connectivity index (χ0) is 13.2. The van der Waals surface area contributed by atoms with Crippen molar-refractivity contribution in [2.24, 2.45) is 23.7 Å². The minimum Gasteiger partial charge on any atom is -0.461 e. The van der Waals surface area contributed by atoms with Crippen LogP contribution in [0.15, 0.2) is 12.7 Å². The molecular formula is C17H26O2. The summed E-state index contributed by atoms with van der Waals surface area (Å²) in [4.78, 5) is 10.9. The van der Waals surface area contributed by atoms with E-state index >= 15 is 0 Å². The van der Waals surface area contributed by atoms with E-state index in [1.165, 1.54) is 51.4 Å². The molecule has 0 aromatic heterocycles. The fourth-order valence-electron chi connectivity index (χ4n) is 4.43. The van der Waals surface area contributed by atoms with E-state index in [1.807, 2.05) is 0 Å². The molecule has 1 atom stereocenters. The third kappa shape index (κ3) is 2.88. The summed E-state index contributed by atoms with van der Waals surface area (Å²) in [5, 5.41) is 0. The van der Waals surface area contributed by atoms with Gasteiger partial charge in [0.2, 0.25) is 0 Å². The van der Waals surface area contributed by atoms with Gasteiger partial charge in [-0.15, -0.1) is 6.58 Å². The Morgan fingerprint density at radius 3 is 1.84 bits per heavy atom. The highest BCUT2D eigenvalue weighted by Gasteiger charge is 2.39. The molecule has 3 fully saturated rings. The number of cyclic esters (lactones) is 1. The van der Waals surface area contributed by atoms with Crippen molar-refractivity contribution in [1.29, 1.82) is 0 Å². The fraction of sp³-hybridized carbons (Fsp3) is 0.824. The van der Waals surface area contributed by atoms with Crippen LogP contribution >= 0.6 is 0 Å². The van der Waals surface area contributed by atoms with Crippen LogP contribution in [-0.2, 0) is 9.53 Å². The normalized spacial score (nSPS) is 43.2. The zero-order valence-electron chi connectivity index (χ0n) is 11.9. The number of hydrogen-bond donors (Lipinski definition) is 0. The summed E-state index contributed by atoms with van der Waals surface area (Å²) in [5.41, 5.74) is 0. The highest BCUT2D eigenvalue weighted by Crippen LogP contribution is 2.43. The molecule has 2 saturated carbocycles. The molecule has 0 spiro atoms. The molecule has 0 radical (unpaired) electrons. The van der Waals surface area contributed by atoms with Crippen LogP contribution in [0.4, 0.5) is 0 Å². The lowest BCUT2D eigenvalue weighted by Gasteiger charge is -2.41. The molecule has 1 unspecified atom stereocenters. The maximum absolute atomic E-state index is 10.9. The Morgan fingerprint density at radius 1 is 0.895 bits per heavy atom. The summed E-state index contributed by atoms with van der Waals surface area (Å²) < 4.78 is 5.24. The van der Waals surface area contributed by atoms with Crippen LogP contribution in [0.25, 0.3) is 0 Å². The minimum atomic E-state index is 0.00914. The van der Waals surface area contributed by atoms with Gasteiger partial charge in [0.05, 0.1) is 6.42 Å². The minimum absolute atomic E-state index is 0.00914. The molecule has 2 nitrogen and oxygen atoms in total. The van der Waals surface area contributed by atoms with Crippen molar-refractivity contribution in [1.82, 2.24) is 0 Å². The number of carbonyl (C=O) groups is 1. The maximum atomic E-state index is 10.9. The fourth-order valence-corrected chi connectivity index (χ4v) is 4.43. The number of rotatable bonds is 3. The van der Waals surface area contributed by atoms with Crippen LogP contribution in [-0.4, -0.2) is 12.1 Å². The van der Waals surface area contributed by atoms with Crippen molar-refractivity contribution in [3.8, 4) is 0 Å². The molecule has 19 heavy (non-hydrogen) atoms. The van der Waals surface area contributed by atoms with E-state index in [4.69, 9.17) is 4.74 Å². The van der Waals surface area contributed by atoms with Crippen LogP contribution < -0.4 is 0 Å². The summed E-state index contributed by atoms with van der Waals surface area (Å²) in [7, 11) is 0. The standard InChI is InChI=1S/C17H26O2/c1-2-12-3-5-13(6-4-12)14-7-9-15(10-8-14)16-11-17(18)19-16/h2,12-16H,1,3-11H2. The smallest absolute Gasteiger partial charge is 0.309 e. The van der Waals surface area contributed by atoms with Gasteiger partial charge in [0.15, 0.2) is 0 Å². The molecule has 3 rings (SSSR count). The number of allylic oxidation sites excluding steroid dienone is 1. The highest BCUT2D eigenvalue weighted by atomic mass is 16.6. The quantitative estimate of drug-likeness (QED) is 0.565. The molecule has 1 heterocycles. The van der Waals surface area contributed by atoms with Crippen molar-refractivity contribution in [3.05, 3.63) is 12.7 Å². The average molecular weight is 262 g/mol. The predicted molar refractivity (Wildman–Crippen MR) is 75.6 cm³/mol. The van der Waals surface area contributed by atoms with E-state index in [0.29, 0.717) is 12.3 Å². The van der Waals surface area contributed by atoms with E-state index in [0.717, 1.165) is 17.8 Å². The first-order valence-electron chi connectivity index (χ1n) is 8.08. The second-order valence-electron chi connectivity index (χ2n) is 6.82. The Hall–Kier alpha value is -0.790. The molecule has 0 aromatic carbocycles. The molecule has 0 amide bonds. The lowest BCUT2D eigenvalue weighted by atomic mass is 9.68. The van der Waals surface area contributed by atoms with E-state index in [-0.39, 0.29) is 12.1 Å². The third-order valence-electron chi connectivity index (χ3n) is 5.81. The first kappa shape index (κ1) is 13.2. The number of hydrogen-bond acceptors (Lipinski definition) is 2. The Balaban J connectivity index is 1.43. The Bertz CT molecular complexity index is 325.